The maximum absolute atomic E-state index is 6.31. The van der Waals surface area contributed by atoms with Gasteiger partial charge in [-0.05, 0) is 45.4 Å². The second-order valence-electron chi connectivity index (χ2n) is 6.24. The van der Waals surface area contributed by atoms with E-state index in [1.165, 1.54) is 0 Å². The SMILES string of the molecule is CC(c1ccc(Cl)cc1Cl)n1cncc1CNC(C)(C)C. The molecule has 0 aliphatic heterocycles. The quantitative estimate of drug-likeness (QED) is 0.883. The molecule has 0 saturated carbocycles. The van der Waals surface area contributed by atoms with Gasteiger partial charge < -0.3 is 9.88 Å². The molecule has 0 radical (unpaired) electrons. The van der Waals surface area contributed by atoms with Crippen LogP contribution in [0.25, 0.3) is 0 Å². The molecule has 114 valence electrons. The first-order chi connectivity index (χ1) is 9.78. The van der Waals surface area contributed by atoms with E-state index in [0.717, 1.165) is 17.8 Å². The van der Waals surface area contributed by atoms with Crippen molar-refractivity contribution in [2.24, 2.45) is 0 Å². The summed E-state index contributed by atoms with van der Waals surface area (Å²) in [4.78, 5) is 4.27. The Morgan fingerprint density at radius 3 is 2.62 bits per heavy atom. The zero-order valence-corrected chi connectivity index (χ0v) is 14.3. The largest absolute Gasteiger partial charge is 0.326 e. The zero-order chi connectivity index (χ0) is 15.6. The van der Waals surface area contributed by atoms with Crippen molar-refractivity contribution in [3.8, 4) is 0 Å². The lowest BCUT2D eigenvalue weighted by Gasteiger charge is -2.23. The summed E-state index contributed by atoms with van der Waals surface area (Å²) in [5, 5.41) is 4.81. The molecule has 0 aliphatic carbocycles. The lowest BCUT2D eigenvalue weighted by atomic mass is 10.1. The Morgan fingerprint density at radius 1 is 1.29 bits per heavy atom. The highest BCUT2D eigenvalue weighted by Gasteiger charge is 2.16. The third-order valence-corrected chi connectivity index (χ3v) is 3.94. The van der Waals surface area contributed by atoms with Crippen molar-refractivity contribution in [3.63, 3.8) is 0 Å². The van der Waals surface area contributed by atoms with Crippen molar-refractivity contribution in [1.29, 1.82) is 0 Å². The second-order valence-corrected chi connectivity index (χ2v) is 7.08. The number of nitrogens with zero attached hydrogens (tertiary/aromatic N) is 2. The average molecular weight is 326 g/mol. The number of rotatable bonds is 4. The third kappa shape index (κ3) is 4.22. The van der Waals surface area contributed by atoms with Crippen LogP contribution in [0.2, 0.25) is 10.0 Å². The minimum absolute atomic E-state index is 0.0657. The first-order valence-electron chi connectivity index (χ1n) is 6.98. The summed E-state index contributed by atoms with van der Waals surface area (Å²) in [6, 6.07) is 5.72. The van der Waals surface area contributed by atoms with Crippen molar-refractivity contribution in [3.05, 3.63) is 52.0 Å². The first kappa shape index (κ1) is 16.3. The lowest BCUT2D eigenvalue weighted by molar-refractivity contribution is 0.413. The fraction of sp³-hybridized carbons (Fsp3) is 0.438. The van der Waals surface area contributed by atoms with Crippen molar-refractivity contribution < 1.29 is 0 Å². The molecule has 1 aromatic heterocycles. The number of nitrogens with one attached hydrogen (secondary N) is 1. The minimum Gasteiger partial charge on any atom is -0.326 e. The van der Waals surface area contributed by atoms with Gasteiger partial charge in [-0.3, -0.25) is 0 Å². The number of imidazole rings is 1. The van der Waals surface area contributed by atoms with E-state index in [4.69, 9.17) is 23.2 Å². The molecule has 1 heterocycles. The van der Waals surface area contributed by atoms with E-state index in [-0.39, 0.29) is 11.6 Å². The normalized spacial score (nSPS) is 13.4. The van der Waals surface area contributed by atoms with Crippen LogP contribution >= 0.6 is 23.2 Å². The Labute approximate surface area is 136 Å². The number of halogens is 2. The van der Waals surface area contributed by atoms with Crippen molar-refractivity contribution in [2.75, 3.05) is 0 Å². The average Bonchev–Trinajstić information content (AvgIpc) is 2.83. The van der Waals surface area contributed by atoms with Gasteiger partial charge in [0.05, 0.1) is 18.1 Å². The number of benzene rings is 1. The van der Waals surface area contributed by atoms with Gasteiger partial charge >= 0.3 is 0 Å². The molecule has 1 atom stereocenters. The highest BCUT2D eigenvalue weighted by atomic mass is 35.5. The Bertz CT molecular complexity index is 614. The van der Waals surface area contributed by atoms with E-state index in [0.29, 0.717) is 10.0 Å². The van der Waals surface area contributed by atoms with E-state index in [1.807, 2.05) is 24.7 Å². The van der Waals surface area contributed by atoms with Gasteiger partial charge in [0, 0.05) is 28.3 Å². The fourth-order valence-corrected chi connectivity index (χ4v) is 2.73. The Hall–Kier alpha value is -1.03. The van der Waals surface area contributed by atoms with Crippen LogP contribution in [0, 0.1) is 0 Å². The highest BCUT2D eigenvalue weighted by Crippen LogP contribution is 2.29. The molecular formula is C16H21Cl2N3. The van der Waals surface area contributed by atoms with Gasteiger partial charge in [-0.25, -0.2) is 4.98 Å². The molecule has 0 aliphatic rings. The van der Waals surface area contributed by atoms with Crippen LogP contribution in [0.5, 0.6) is 0 Å². The molecule has 2 aromatic rings. The standard InChI is InChI=1S/C16H21Cl2N3/c1-11(14-6-5-12(17)7-15(14)18)21-10-19-8-13(21)9-20-16(2,3)4/h5-8,10-11,20H,9H2,1-4H3. The molecule has 0 fully saturated rings. The first-order valence-corrected chi connectivity index (χ1v) is 7.74. The van der Waals surface area contributed by atoms with Crippen LogP contribution in [0.3, 0.4) is 0 Å². The molecule has 0 amide bonds. The van der Waals surface area contributed by atoms with Gasteiger partial charge in [0.2, 0.25) is 0 Å². The maximum Gasteiger partial charge on any atom is 0.0954 e. The topological polar surface area (TPSA) is 29.9 Å². The van der Waals surface area contributed by atoms with Gasteiger partial charge in [0.1, 0.15) is 0 Å². The molecule has 1 aromatic carbocycles. The Morgan fingerprint density at radius 2 is 2.00 bits per heavy atom. The van der Waals surface area contributed by atoms with Gasteiger partial charge in [-0.1, -0.05) is 29.3 Å². The maximum atomic E-state index is 6.31. The van der Waals surface area contributed by atoms with E-state index in [9.17, 15) is 0 Å². The summed E-state index contributed by atoms with van der Waals surface area (Å²) in [7, 11) is 0. The summed E-state index contributed by atoms with van der Waals surface area (Å²) in [6.07, 6.45) is 3.73. The molecule has 0 saturated heterocycles. The summed E-state index contributed by atoms with van der Waals surface area (Å²) in [6.45, 7) is 9.31. The van der Waals surface area contributed by atoms with Crippen LogP contribution in [0.4, 0.5) is 0 Å². The van der Waals surface area contributed by atoms with Crippen LogP contribution in [-0.2, 0) is 6.54 Å². The summed E-state index contributed by atoms with van der Waals surface area (Å²) in [5.41, 5.74) is 2.23. The van der Waals surface area contributed by atoms with Gasteiger partial charge in [0.15, 0.2) is 0 Å². The van der Waals surface area contributed by atoms with Crippen LogP contribution in [-0.4, -0.2) is 15.1 Å². The Kier molecular flexibility index (Phi) is 4.97. The van der Waals surface area contributed by atoms with Crippen LogP contribution in [0.15, 0.2) is 30.7 Å². The number of aromatic nitrogens is 2. The number of hydrogen-bond donors (Lipinski definition) is 1. The van der Waals surface area contributed by atoms with Gasteiger partial charge in [0.25, 0.3) is 0 Å². The fourth-order valence-electron chi connectivity index (χ4n) is 2.16. The smallest absolute Gasteiger partial charge is 0.0954 e. The molecule has 3 nitrogen and oxygen atoms in total. The predicted octanol–water partition coefficient (Wildman–Crippen LogP) is 4.69. The second kappa shape index (κ2) is 6.39. The molecular weight excluding hydrogens is 305 g/mol. The van der Waals surface area contributed by atoms with Crippen molar-refractivity contribution >= 4 is 23.2 Å². The lowest BCUT2D eigenvalue weighted by Crippen LogP contribution is -2.35. The predicted molar refractivity (Wildman–Crippen MR) is 89.1 cm³/mol. The third-order valence-electron chi connectivity index (χ3n) is 3.38. The number of hydrogen-bond acceptors (Lipinski definition) is 2. The molecule has 0 bridgehead atoms. The molecule has 5 heteroatoms. The van der Waals surface area contributed by atoms with Crippen LogP contribution in [0.1, 0.15) is 45.0 Å². The van der Waals surface area contributed by atoms with Gasteiger partial charge in [-0.15, -0.1) is 0 Å². The highest BCUT2D eigenvalue weighted by molar-refractivity contribution is 6.35. The molecule has 1 N–H and O–H groups in total. The van der Waals surface area contributed by atoms with Crippen molar-refractivity contribution in [2.45, 2.75) is 45.8 Å². The van der Waals surface area contributed by atoms with E-state index in [1.54, 1.807) is 6.07 Å². The molecule has 0 spiro atoms. The van der Waals surface area contributed by atoms with Gasteiger partial charge in [-0.2, -0.15) is 0 Å². The molecule has 2 rings (SSSR count). The zero-order valence-electron chi connectivity index (χ0n) is 12.8. The molecule has 1 unspecified atom stereocenters. The summed E-state index contributed by atoms with van der Waals surface area (Å²) >= 11 is 12.3. The molecule has 21 heavy (non-hydrogen) atoms. The van der Waals surface area contributed by atoms with Crippen molar-refractivity contribution in [1.82, 2.24) is 14.9 Å². The van der Waals surface area contributed by atoms with Crippen LogP contribution < -0.4 is 5.32 Å². The Balaban J connectivity index is 2.24. The summed E-state index contributed by atoms with van der Waals surface area (Å²) in [5.74, 6) is 0. The van der Waals surface area contributed by atoms with E-state index < -0.39 is 0 Å². The summed E-state index contributed by atoms with van der Waals surface area (Å²) < 4.78 is 2.13. The monoisotopic (exact) mass is 325 g/mol. The minimum atomic E-state index is 0.0657. The van der Waals surface area contributed by atoms with E-state index in [2.05, 4.69) is 42.6 Å². The van der Waals surface area contributed by atoms with E-state index >= 15 is 0 Å².